The first-order chi connectivity index (χ1) is 6.43. The molecule has 2 aliphatic rings. The van der Waals surface area contributed by atoms with Gasteiger partial charge in [0.2, 0.25) is 6.29 Å². The number of rotatable bonds is 0. The van der Waals surface area contributed by atoms with Gasteiger partial charge in [0.05, 0.1) is 6.61 Å². The summed E-state index contributed by atoms with van der Waals surface area (Å²) in [5, 5.41) is 0. The molecule has 2 nitrogen and oxygen atoms in total. The van der Waals surface area contributed by atoms with Crippen molar-refractivity contribution in [1.29, 1.82) is 0 Å². The summed E-state index contributed by atoms with van der Waals surface area (Å²) in [6.07, 6.45) is 2.84. The molecular formula is C11H10O2. The number of benzene rings is 1. The first-order valence-corrected chi connectivity index (χ1v) is 4.51. The zero-order chi connectivity index (χ0) is 8.67. The normalized spacial score (nSPS) is 24.3. The van der Waals surface area contributed by atoms with Gasteiger partial charge in [-0.05, 0) is 11.6 Å². The van der Waals surface area contributed by atoms with Gasteiger partial charge in [0, 0.05) is 12.0 Å². The number of ether oxygens (including phenoxy) is 2. The lowest BCUT2D eigenvalue weighted by atomic mass is 10.0. The van der Waals surface area contributed by atoms with Crippen molar-refractivity contribution in [3.63, 3.8) is 0 Å². The number of fused-ring (bicyclic) bond motifs is 4. The van der Waals surface area contributed by atoms with Crippen LogP contribution in [0.3, 0.4) is 0 Å². The first-order valence-electron chi connectivity index (χ1n) is 4.51. The quantitative estimate of drug-likeness (QED) is 0.601. The Bertz CT molecular complexity index is 368. The highest BCUT2D eigenvalue weighted by molar-refractivity contribution is 5.58. The van der Waals surface area contributed by atoms with E-state index in [1.54, 1.807) is 0 Å². The molecule has 3 rings (SSSR count). The average Bonchev–Trinajstić information content (AvgIpc) is 2.18. The molecule has 66 valence electrons. The summed E-state index contributed by atoms with van der Waals surface area (Å²) in [5.74, 6) is 1.05. The van der Waals surface area contributed by atoms with Crippen LogP contribution in [0.25, 0.3) is 6.08 Å². The number of hydrogen-bond acceptors (Lipinski definition) is 2. The van der Waals surface area contributed by atoms with E-state index in [1.807, 2.05) is 12.1 Å². The standard InChI is InChI=1S/C11H10O2/c1-2-4-10-8(3-1)7-9-5-6-12-11(10)13-9/h1-4,7,11H,5-6H2. The van der Waals surface area contributed by atoms with Crippen molar-refractivity contribution in [3.8, 4) is 0 Å². The monoisotopic (exact) mass is 174 g/mol. The van der Waals surface area contributed by atoms with E-state index in [0.29, 0.717) is 0 Å². The van der Waals surface area contributed by atoms with E-state index in [9.17, 15) is 0 Å². The Morgan fingerprint density at radius 3 is 3.15 bits per heavy atom. The molecule has 0 N–H and O–H groups in total. The lowest BCUT2D eigenvalue weighted by Gasteiger charge is -2.31. The predicted octanol–water partition coefficient (Wildman–Crippen LogP) is 2.48. The molecule has 13 heavy (non-hydrogen) atoms. The third-order valence-corrected chi connectivity index (χ3v) is 2.44. The van der Waals surface area contributed by atoms with Crippen LogP contribution in [0.1, 0.15) is 23.8 Å². The van der Waals surface area contributed by atoms with Crippen molar-refractivity contribution in [2.45, 2.75) is 12.7 Å². The number of hydrogen-bond donors (Lipinski definition) is 0. The maximum Gasteiger partial charge on any atom is 0.226 e. The van der Waals surface area contributed by atoms with Crippen molar-refractivity contribution in [3.05, 3.63) is 41.2 Å². The second kappa shape index (κ2) is 2.60. The highest BCUT2D eigenvalue weighted by Crippen LogP contribution is 2.36. The van der Waals surface area contributed by atoms with Crippen molar-refractivity contribution in [2.75, 3.05) is 6.61 Å². The van der Waals surface area contributed by atoms with Crippen LogP contribution in [0.15, 0.2) is 30.0 Å². The Balaban J connectivity index is 2.17. The molecule has 0 spiro atoms. The van der Waals surface area contributed by atoms with Gasteiger partial charge in [-0.1, -0.05) is 24.3 Å². The molecule has 1 aromatic rings. The molecule has 2 heteroatoms. The Morgan fingerprint density at radius 2 is 2.15 bits per heavy atom. The highest BCUT2D eigenvalue weighted by atomic mass is 16.7. The molecule has 0 radical (unpaired) electrons. The van der Waals surface area contributed by atoms with E-state index in [4.69, 9.17) is 9.47 Å². The van der Waals surface area contributed by atoms with E-state index in [1.165, 1.54) is 5.56 Å². The molecule has 0 amide bonds. The molecule has 1 atom stereocenters. The topological polar surface area (TPSA) is 18.5 Å². The maximum absolute atomic E-state index is 5.59. The van der Waals surface area contributed by atoms with Gasteiger partial charge >= 0.3 is 0 Å². The van der Waals surface area contributed by atoms with E-state index in [0.717, 1.165) is 24.4 Å². The summed E-state index contributed by atoms with van der Waals surface area (Å²) in [6.45, 7) is 0.769. The van der Waals surface area contributed by atoms with Gasteiger partial charge in [-0.3, -0.25) is 0 Å². The predicted molar refractivity (Wildman–Crippen MR) is 48.8 cm³/mol. The summed E-state index contributed by atoms with van der Waals surface area (Å²) < 4.78 is 11.1. The fourth-order valence-electron chi connectivity index (χ4n) is 1.79. The first kappa shape index (κ1) is 7.15. The molecule has 2 bridgehead atoms. The Hall–Kier alpha value is -1.28. The van der Waals surface area contributed by atoms with Gasteiger partial charge in [0.25, 0.3) is 0 Å². The summed E-state index contributed by atoms with van der Waals surface area (Å²) in [4.78, 5) is 0. The molecule has 0 saturated carbocycles. The van der Waals surface area contributed by atoms with Crippen molar-refractivity contribution in [2.24, 2.45) is 0 Å². The third-order valence-electron chi connectivity index (χ3n) is 2.44. The molecule has 1 unspecified atom stereocenters. The fourth-order valence-corrected chi connectivity index (χ4v) is 1.79. The molecule has 0 aliphatic carbocycles. The van der Waals surface area contributed by atoms with Crippen LogP contribution in [0.4, 0.5) is 0 Å². The van der Waals surface area contributed by atoms with Crippen LogP contribution in [0, 0.1) is 0 Å². The zero-order valence-electron chi connectivity index (χ0n) is 7.19. The van der Waals surface area contributed by atoms with E-state index in [-0.39, 0.29) is 6.29 Å². The van der Waals surface area contributed by atoms with Crippen LogP contribution in [0.2, 0.25) is 0 Å². The lowest BCUT2D eigenvalue weighted by molar-refractivity contribution is -0.152. The van der Waals surface area contributed by atoms with Gasteiger partial charge in [-0.2, -0.15) is 0 Å². The maximum atomic E-state index is 5.59. The summed E-state index contributed by atoms with van der Waals surface area (Å²) >= 11 is 0. The van der Waals surface area contributed by atoms with Crippen LogP contribution in [0.5, 0.6) is 0 Å². The second-order valence-corrected chi connectivity index (χ2v) is 3.31. The van der Waals surface area contributed by atoms with Crippen molar-refractivity contribution >= 4 is 6.08 Å². The molecule has 1 fully saturated rings. The molecule has 1 saturated heterocycles. The average molecular weight is 174 g/mol. The third kappa shape index (κ3) is 1.06. The summed E-state index contributed by atoms with van der Waals surface area (Å²) in [5.41, 5.74) is 2.37. The van der Waals surface area contributed by atoms with E-state index < -0.39 is 0 Å². The Labute approximate surface area is 76.8 Å². The van der Waals surface area contributed by atoms with Crippen LogP contribution < -0.4 is 0 Å². The Morgan fingerprint density at radius 1 is 1.23 bits per heavy atom. The fraction of sp³-hybridized carbons (Fsp3) is 0.273. The van der Waals surface area contributed by atoms with Gasteiger partial charge < -0.3 is 9.47 Å². The van der Waals surface area contributed by atoms with Crippen LogP contribution in [-0.4, -0.2) is 6.61 Å². The molecule has 1 aromatic carbocycles. The van der Waals surface area contributed by atoms with Gasteiger partial charge in [-0.15, -0.1) is 0 Å². The van der Waals surface area contributed by atoms with E-state index >= 15 is 0 Å². The van der Waals surface area contributed by atoms with Crippen molar-refractivity contribution < 1.29 is 9.47 Å². The van der Waals surface area contributed by atoms with Gasteiger partial charge in [0.15, 0.2) is 0 Å². The molecule has 2 aliphatic heterocycles. The van der Waals surface area contributed by atoms with Gasteiger partial charge in [-0.25, -0.2) is 0 Å². The van der Waals surface area contributed by atoms with Crippen molar-refractivity contribution in [1.82, 2.24) is 0 Å². The van der Waals surface area contributed by atoms with Gasteiger partial charge in [0.1, 0.15) is 5.76 Å². The zero-order valence-corrected chi connectivity index (χ0v) is 7.19. The Kier molecular flexibility index (Phi) is 1.43. The minimum Gasteiger partial charge on any atom is -0.465 e. The summed E-state index contributed by atoms with van der Waals surface area (Å²) in [7, 11) is 0. The molecule has 0 aromatic heterocycles. The summed E-state index contributed by atoms with van der Waals surface area (Å²) in [6, 6.07) is 8.20. The molecule has 2 heterocycles. The van der Waals surface area contributed by atoms with E-state index in [2.05, 4.69) is 18.2 Å². The minimum absolute atomic E-state index is 0.162. The van der Waals surface area contributed by atoms with Crippen LogP contribution >= 0.6 is 0 Å². The SMILES string of the molecule is C1=C2CCOC(O2)c2ccccc21. The largest absolute Gasteiger partial charge is 0.465 e. The lowest BCUT2D eigenvalue weighted by Crippen LogP contribution is -2.20. The minimum atomic E-state index is -0.162. The second-order valence-electron chi connectivity index (χ2n) is 3.31. The highest BCUT2D eigenvalue weighted by Gasteiger charge is 2.26. The molecular weight excluding hydrogens is 164 g/mol. The van der Waals surface area contributed by atoms with Crippen LogP contribution in [-0.2, 0) is 9.47 Å². The smallest absolute Gasteiger partial charge is 0.226 e.